The summed E-state index contributed by atoms with van der Waals surface area (Å²) in [6.45, 7) is 8.04. The lowest BCUT2D eigenvalue weighted by atomic mass is 10.0. The van der Waals surface area contributed by atoms with E-state index in [2.05, 4.69) is 52.5 Å². The van der Waals surface area contributed by atoms with Crippen molar-refractivity contribution in [3.05, 3.63) is 59.9 Å². The summed E-state index contributed by atoms with van der Waals surface area (Å²) < 4.78 is 11.2. The Labute approximate surface area is 201 Å². The van der Waals surface area contributed by atoms with Crippen molar-refractivity contribution < 1.29 is 9.26 Å². The highest BCUT2D eigenvalue weighted by atomic mass is 16.5. The van der Waals surface area contributed by atoms with Gasteiger partial charge in [-0.1, -0.05) is 37.2 Å². The third-order valence-corrected chi connectivity index (χ3v) is 6.45. The number of hydrogen-bond donors (Lipinski definition) is 3. The molecule has 0 atom stereocenters. The molecule has 0 amide bonds. The second-order valence-corrected chi connectivity index (χ2v) is 9.10. The van der Waals surface area contributed by atoms with Crippen LogP contribution < -0.4 is 10.1 Å². The van der Waals surface area contributed by atoms with Gasteiger partial charge in [0.1, 0.15) is 28.8 Å². The molecule has 0 bridgehead atoms. The van der Waals surface area contributed by atoms with Crippen LogP contribution in [0.4, 0.5) is 11.5 Å². The van der Waals surface area contributed by atoms with Crippen molar-refractivity contribution in [1.29, 1.82) is 0 Å². The number of H-pyrrole nitrogens is 2. The van der Waals surface area contributed by atoms with Crippen LogP contribution in [0.15, 0.2) is 47.1 Å². The van der Waals surface area contributed by atoms with Gasteiger partial charge in [0.05, 0.1) is 29.4 Å². The van der Waals surface area contributed by atoms with Crippen LogP contribution in [0.5, 0.6) is 5.75 Å². The summed E-state index contributed by atoms with van der Waals surface area (Å²) in [6.07, 6.45) is 1.97. The molecule has 0 aliphatic carbocycles. The molecule has 0 aliphatic rings. The molecule has 3 N–H and O–H groups in total. The molecule has 2 aromatic carbocycles. The van der Waals surface area contributed by atoms with Gasteiger partial charge in [0.25, 0.3) is 0 Å². The minimum Gasteiger partial charge on any atom is -0.496 e. The summed E-state index contributed by atoms with van der Waals surface area (Å²) in [5.74, 6) is 3.17. The minimum atomic E-state index is 0.168. The lowest BCUT2D eigenvalue weighted by Crippen LogP contribution is -2.02. The topological polar surface area (TPSA) is 105 Å². The zero-order valence-corrected chi connectivity index (χ0v) is 20.3. The zero-order valence-electron chi connectivity index (χ0n) is 20.3. The number of rotatable bonds is 5. The maximum atomic E-state index is 5.82. The fourth-order valence-electron chi connectivity index (χ4n) is 4.72. The number of para-hydroxylation sites is 1. The third-order valence-electron chi connectivity index (χ3n) is 6.45. The quantitative estimate of drug-likeness (QED) is 0.260. The zero-order chi connectivity index (χ0) is 24.3. The van der Waals surface area contributed by atoms with E-state index < -0.39 is 0 Å². The molecule has 0 radical (unpaired) electrons. The molecule has 0 saturated carbocycles. The van der Waals surface area contributed by atoms with Crippen molar-refractivity contribution in [3.63, 3.8) is 0 Å². The molecular weight excluding hydrogens is 440 g/mol. The van der Waals surface area contributed by atoms with E-state index in [1.54, 1.807) is 7.11 Å². The normalized spacial score (nSPS) is 11.8. The van der Waals surface area contributed by atoms with Gasteiger partial charge < -0.3 is 24.5 Å². The number of methoxy groups -OCH3 is 1. The first kappa shape index (κ1) is 21.2. The van der Waals surface area contributed by atoms with Crippen LogP contribution in [0.3, 0.4) is 0 Å². The molecule has 0 aliphatic heterocycles. The largest absolute Gasteiger partial charge is 0.496 e. The number of benzene rings is 2. The standard InChI is InChI=1S/C27H26N6O2/c1-13(2)25-31-26-24(27(32-25)30-21-12-28-19-9-7-6-8-16(19)21)17-11-22(34-5)18(10-20(17)29-26)23-14(3)33-35-15(23)4/h6-13,28H,1-5H3,(H2,29,30,31,32). The Hall–Kier alpha value is -4.33. The predicted octanol–water partition coefficient (Wildman–Crippen LogP) is 6.74. The molecule has 0 saturated heterocycles. The van der Waals surface area contributed by atoms with Crippen LogP contribution in [0.2, 0.25) is 0 Å². The van der Waals surface area contributed by atoms with Crippen LogP contribution in [0.25, 0.3) is 44.0 Å². The predicted molar refractivity (Wildman–Crippen MR) is 139 cm³/mol. The maximum absolute atomic E-state index is 5.82. The van der Waals surface area contributed by atoms with Gasteiger partial charge in [-0.3, -0.25) is 0 Å². The number of aryl methyl sites for hydroxylation is 2. The Morgan fingerprint density at radius 3 is 2.60 bits per heavy atom. The average Bonchev–Trinajstić information content (AvgIpc) is 3.52. The summed E-state index contributed by atoms with van der Waals surface area (Å²) >= 11 is 0. The first-order chi connectivity index (χ1) is 16.9. The van der Waals surface area contributed by atoms with Crippen LogP contribution in [-0.2, 0) is 0 Å². The summed E-state index contributed by atoms with van der Waals surface area (Å²) in [7, 11) is 1.68. The molecule has 8 nitrogen and oxygen atoms in total. The SMILES string of the molecule is COc1cc2c(cc1-c1c(C)noc1C)[nH]c1nc(C(C)C)nc(Nc3c[nH]c4ccccc34)c12. The number of hydrogen-bond acceptors (Lipinski definition) is 6. The van der Waals surface area contributed by atoms with Crippen molar-refractivity contribution in [2.24, 2.45) is 0 Å². The van der Waals surface area contributed by atoms with Gasteiger partial charge in [0.2, 0.25) is 0 Å². The molecule has 0 unspecified atom stereocenters. The number of nitrogens with zero attached hydrogens (tertiary/aromatic N) is 3. The van der Waals surface area contributed by atoms with Crippen molar-refractivity contribution in [1.82, 2.24) is 25.1 Å². The van der Waals surface area contributed by atoms with E-state index in [4.69, 9.17) is 19.2 Å². The van der Waals surface area contributed by atoms with Crippen LogP contribution in [-0.4, -0.2) is 32.2 Å². The number of ether oxygens (including phenoxy) is 1. The molecule has 4 aromatic heterocycles. The lowest BCUT2D eigenvalue weighted by Gasteiger charge is -2.11. The summed E-state index contributed by atoms with van der Waals surface area (Å²) in [6, 6.07) is 12.3. The number of aromatic amines is 2. The second-order valence-electron chi connectivity index (χ2n) is 9.10. The van der Waals surface area contributed by atoms with Gasteiger partial charge >= 0.3 is 0 Å². The Balaban J connectivity index is 1.61. The van der Waals surface area contributed by atoms with E-state index in [1.165, 1.54) is 0 Å². The number of fused-ring (bicyclic) bond motifs is 4. The van der Waals surface area contributed by atoms with E-state index in [1.807, 2.05) is 38.2 Å². The van der Waals surface area contributed by atoms with E-state index in [0.29, 0.717) is 0 Å². The number of nitrogens with one attached hydrogen (secondary N) is 3. The maximum Gasteiger partial charge on any atom is 0.144 e. The summed E-state index contributed by atoms with van der Waals surface area (Å²) in [5, 5.41) is 10.7. The smallest absolute Gasteiger partial charge is 0.144 e. The second kappa shape index (κ2) is 7.87. The van der Waals surface area contributed by atoms with Crippen molar-refractivity contribution in [2.75, 3.05) is 12.4 Å². The van der Waals surface area contributed by atoms with Gasteiger partial charge in [0.15, 0.2) is 0 Å². The number of aromatic nitrogens is 5. The molecule has 176 valence electrons. The Morgan fingerprint density at radius 1 is 1.03 bits per heavy atom. The van der Waals surface area contributed by atoms with Crippen molar-refractivity contribution >= 4 is 44.3 Å². The fourth-order valence-corrected chi connectivity index (χ4v) is 4.72. The van der Waals surface area contributed by atoms with E-state index in [0.717, 1.165) is 78.5 Å². The Bertz CT molecular complexity index is 1700. The summed E-state index contributed by atoms with van der Waals surface area (Å²) in [4.78, 5) is 16.6. The van der Waals surface area contributed by atoms with Gasteiger partial charge in [-0.2, -0.15) is 0 Å². The molecule has 6 aromatic rings. The van der Waals surface area contributed by atoms with Crippen LogP contribution >= 0.6 is 0 Å². The average molecular weight is 467 g/mol. The van der Waals surface area contributed by atoms with Crippen molar-refractivity contribution in [3.8, 4) is 16.9 Å². The Morgan fingerprint density at radius 2 is 1.86 bits per heavy atom. The molecule has 35 heavy (non-hydrogen) atoms. The lowest BCUT2D eigenvalue weighted by molar-refractivity contribution is 0.393. The van der Waals surface area contributed by atoms with E-state index >= 15 is 0 Å². The molecule has 0 fully saturated rings. The van der Waals surface area contributed by atoms with Gasteiger partial charge in [0, 0.05) is 39.5 Å². The highest BCUT2D eigenvalue weighted by molar-refractivity contribution is 6.14. The van der Waals surface area contributed by atoms with Gasteiger partial charge in [-0.05, 0) is 32.0 Å². The molecular formula is C27H26N6O2. The third kappa shape index (κ3) is 3.32. The highest BCUT2D eigenvalue weighted by Crippen LogP contribution is 2.41. The molecule has 6 rings (SSSR count). The van der Waals surface area contributed by atoms with Crippen LogP contribution in [0.1, 0.15) is 37.0 Å². The number of anilines is 2. The fraction of sp³-hybridized carbons (Fsp3) is 0.222. The monoisotopic (exact) mass is 466 g/mol. The summed E-state index contributed by atoms with van der Waals surface area (Å²) in [5.41, 5.74) is 6.42. The minimum absolute atomic E-state index is 0.168. The molecule has 8 heteroatoms. The molecule has 4 heterocycles. The van der Waals surface area contributed by atoms with Gasteiger partial charge in [-0.15, -0.1) is 0 Å². The first-order valence-corrected chi connectivity index (χ1v) is 11.6. The van der Waals surface area contributed by atoms with E-state index in [9.17, 15) is 0 Å². The van der Waals surface area contributed by atoms with Crippen molar-refractivity contribution in [2.45, 2.75) is 33.6 Å². The highest BCUT2D eigenvalue weighted by Gasteiger charge is 2.21. The van der Waals surface area contributed by atoms with Gasteiger partial charge in [-0.25, -0.2) is 9.97 Å². The molecule has 0 spiro atoms. The van der Waals surface area contributed by atoms with Crippen LogP contribution in [0, 0.1) is 13.8 Å². The Kier molecular flexibility index (Phi) is 4.77. The van der Waals surface area contributed by atoms with E-state index in [-0.39, 0.29) is 5.92 Å². The first-order valence-electron chi connectivity index (χ1n) is 11.6.